The molecule has 0 heterocycles. The molecule has 3 heteroatoms. The zero-order chi connectivity index (χ0) is 14.2. The lowest BCUT2D eigenvalue weighted by Gasteiger charge is -2.30. The smallest absolute Gasteiger partial charge is 0.123 e. The van der Waals surface area contributed by atoms with E-state index in [-0.39, 0.29) is 5.82 Å². The number of hydrogen-bond acceptors (Lipinski definition) is 2. The first kappa shape index (κ1) is 15.8. The van der Waals surface area contributed by atoms with E-state index in [1.54, 1.807) is 12.1 Å². The van der Waals surface area contributed by atoms with Gasteiger partial charge in [-0.25, -0.2) is 4.39 Å². The minimum Gasteiger partial charge on any atom is -0.313 e. The maximum Gasteiger partial charge on any atom is 0.123 e. The van der Waals surface area contributed by atoms with Crippen molar-refractivity contribution in [2.75, 3.05) is 6.54 Å². The van der Waals surface area contributed by atoms with Crippen LogP contribution in [0.25, 0.3) is 0 Å². The van der Waals surface area contributed by atoms with Crippen molar-refractivity contribution in [1.82, 2.24) is 5.32 Å². The highest BCUT2D eigenvalue weighted by Gasteiger charge is 2.23. The van der Waals surface area contributed by atoms with Crippen molar-refractivity contribution in [1.29, 1.82) is 0 Å². The van der Waals surface area contributed by atoms with Gasteiger partial charge in [-0.15, -0.1) is 11.8 Å². The first-order valence-electron chi connectivity index (χ1n) is 7.95. The van der Waals surface area contributed by atoms with Crippen LogP contribution in [0.5, 0.6) is 0 Å². The van der Waals surface area contributed by atoms with Gasteiger partial charge < -0.3 is 5.32 Å². The summed E-state index contributed by atoms with van der Waals surface area (Å²) in [6.07, 6.45) is 9.12. The second-order valence-electron chi connectivity index (χ2n) is 5.66. The summed E-state index contributed by atoms with van der Waals surface area (Å²) >= 11 is 1.93. The number of hydrogen-bond donors (Lipinski definition) is 1. The Labute approximate surface area is 126 Å². The summed E-state index contributed by atoms with van der Waals surface area (Å²) in [5.74, 6) is -0.146. The zero-order valence-corrected chi connectivity index (χ0v) is 13.2. The Kier molecular flexibility index (Phi) is 6.88. The summed E-state index contributed by atoms with van der Waals surface area (Å²) in [5, 5.41) is 4.34. The fourth-order valence-electron chi connectivity index (χ4n) is 2.84. The lowest BCUT2D eigenvalue weighted by Crippen LogP contribution is -2.39. The van der Waals surface area contributed by atoms with Crippen LogP contribution in [0, 0.1) is 5.82 Å². The van der Waals surface area contributed by atoms with Crippen molar-refractivity contribution in [3.05, 3.63) is 30.1 Å². The molecular formula is C17H26FNS. The molecule has 0 bridgehead atoms. The highest BCUT2D eigenvalue weighted by Crippen LogP contribution is 2.32. The molecule has 0 radical (unpaired) electrons. The number of thioether (sulfide) groups is 1. The molecule has 1 aromatic carbocycles. The Morgan fingerprint density at radius 2 is 1.80 bits per heavy atom. The SMILES string of the molecule is CCCNC1CCCCCCC1Sc1ccc(F)cc1. The van der Waals surface area contributed by atoms with Gasteiger partial charge in [0.15, 0.2) is 0 Å². The van der Waals surface area contributed by atoms with Crippen molar-refractivity contribution in [3.8, 4) is 0 Å². The standard InChI is InChI=1S/C17H26FNS/c1-2-13-19-16-7-5-3-4-6-8-17(16)20-15-11-9-14(18)10-12-15/h9-12,16-17,19H,2-8,13H2,1H3. The molecule has 1 saturated carbocycles. The third kappa shape index (κ3) is 5.10. The molecule has 2 rings (SSSR count). The first-order valence-corrected chi connectivity index (χ1v) is 8.83. The maximum absolute atomic E-state index is 13.0. The second kappa shape index (κ2) is 8.68. The molecule has 1 fully saturated rings. The normalized spacial score (nSPS) is 24.1. The van der Waals surface area contributed by atoms with Crippen molar-refractivity contribution >= 4 is 11.8 Å². The van der Waals surface area contributed by atoms with Crippen LogP contribution in [-0.2, 0) is 0 Å². The number of halogens is 1. The molecule has 112 valence electrons. The molecule has 0 aromatic heterocycles. The third-order valence-electron chi connectivity index (χ3n) is 3.96. The summed E-state index contributed by atoms with van der Waals surface area (Å²) in [6, 6.07) is 7.57. The van der Waals surface area contributed by atoms with Gasteiger partial charge in [0.25, 0.3) is 0 Å². The van der Waals surface area contributed by atoms with Crippen LogP contribution in [0.4, 0.5) is 4.39 Å². The topological polar surface area (TPSA) is 12.0 Å². The summed E-state index contributed by atoms with van der Waals surface area (Å²) in [5.41, 5.74) is 0. The maximum atomic E-state index is 13.0. The van der Waals surface area contributed by atoms with Crippen molar-refractivity contribution in [2.45, 2.75) is 68.1 Å². The lowest BCUT2D eigenvalue weighted by molar-refractivity contribution is 0.400. The van der Waals surface area contributed by atoms with E-state index in [1.165, 1.54) is 49.8 Å². The number of benzene rings is 1. The van der Waals surface area contributed by atoms with E-state index in [4.69, 9.17) is 0 Å². The third-order valence-corrected chi connectivity index (χ3v) is 5.37. The molecule has 2 atom stereocenters. The van der Waals surface area contributed by atoms with Crippen LogP contribution in [0.15, 0.2) is 29.2 Å². The molecule has 1 N–H and O–H groups in total. The average molecular weight is 295 g/mol. The number of rotatable bonds is 5. The number of nitrogens with one attached hydrogen (secondary N) is 1. The lowest BCUT2D eigenvalue weighted by atomic mass is 9.96. The highest BCUT2D eigenvalue weighted by atomic mass is 32.2. The molecule has 2 unspecified atom stereocenters. The fourth-order valence-corrected chi connectivity index (χ4v) is 4.17. The summed E-state index contributed by atoms with van der Waals surface area (Å²) in [7, 11) is 0. The zero-order valence-electron chi connectivity index (χ0n) is 12.4. The second-order valence-corrected chi connectivity index (χ2v) is 6.98. The molecule has 0 aliphatic heterocycles. The van der Waals surface area contributed by atoms with Gasteiger partial charge in [-0.1, -0.05) is 32.6 Å². The van der Waals surface area contributed by atoms with Crippen LogP contribution in [-0.4, -0.2) is 17.8 Å². The fraction of sp³-hybridized carbons (Fsp3) is 0.647. The largest absolute Gasteiger partial charge is 0.313 e. The summed E-state index contributed by atoms with van der Waals surface area (Å²) in [4.78, 5) is 1.19. The predicted molar refractivity (Wildman–Crippen MR) is 85.8 cm³/mol. The van der Waals surface area contributed by atoms with Gasteiger partial charge in [-0.2, -0.15) is 0 Å². The summed E-state index contributed by atoms with van der Waals surface area (Å²) < 4.78 is 13.0. The molecule has 1 aliphatic rings. The minimum absolute atomic E-state index is 0.146. The van der Waals surface area contributed by atoms with E-state index in [9.17, 15) is 4.39 Å². The van der Waals surface area contributed by atoms with Gasteiger partial charge in [0.1, 0.15) is 5.82 Å². The van der Waals surface area contributed by atoms with Crippen molar-refractivity contribution in [3.63, 3.8) is 0 Å². The first-order chi connectivity index (χ1) is 9.79. The summed E-state index contributed by atoms with van der Waals surface area (Å²) in [6.45, 7) is 3.32. The van der Waals surface area contributed by atoms with Gasteiger partial charge in [0.05, 0.1) is 0 Å². The van der Waals surface area contributed by atoms with Gasteiger partial charge in [0.2, 0.25) is 0 Å². The van der Waals surface area contributed by atoms with Gasteiger partial charge in [-0.05, 0) is 50.1 Å². The molecule has 1 aromatic rings. The van der Waals surface area contributed by atoms with E-state index in [0.717, 1.165) is 6.54 Å². The van der Waals surface area contributed by atoms with Crippen LogP contribution < -0.4 is 5.32 Å². The minimum atomic E-state index is -0.146. The molecule has 1 nitrogen and oxygen atoms in total. The van der Waals surface area contributed by atoms with E-state index in [0.29, 0.717) is 11.3 Å². The van der Waals surface area contributed by atoms with E-state index in [2.05, 4.69) is 12.2 Å². The van der Waals surface area contributed by atoms with Crippen molar-refractivity contribution < 1.29 is 4.39 Å². The van der Waals surface area contributed by atoms with E-state index in [1.807, 2.05) is 23.9 Å². The monoisotopic (exact) mass is 295 g/mol. The van der Waals surface area contributed by atoms with Crippen molar-refractivity contribution in [2.24, 2.45) is 0 Å². The molecule has 0 saturated heterocycles. The van der Waals surface area contributed by atoms with Gasteiger partial charge in [-0.3, -0.25) is 0 Å². The molecule has 1 aliphatic carbocycles. The Morgan fingerprint density at radius 3 is 2.50 bits per heavy atom. The van der Waals surface area contributed by atoms with Crippen LogP contribution >= 0.6 is 11.8 Å². The quantitative estimate of drug-likeness (QED) is 0.819. The molecular weight excluding hydrogens is 269 g/mol. The Morgan fingerprint density at radius 1 is 1.10 bits per heavy atom. The van der Waals surface area contributed by atoms with E-state index < -0.39 is 0 Å². The van der Waals surface area contributed by atoms with Gasteiger partial charge >= 0.3 is 0 Å². The van der Waals surface area contributed by atoms with E-state index >= 15 is 0 Å². The Hall–Kier alpha value is -0.540. The Balaban J connectivity index is 1.99. The van der Waals surface area contributed by atoms with Gasteiger partial charge in [0, 0.05) is 16.2 Å². The molecule has 0 spiro atoms. The van der Waals surface area contributed by atoms with Crippen LogP contribution in [0.3, 0.4) is 0 Å². The van der Waals surface area contributed by atoms with Crippen LogP contribution in [0.1, 0.15) is 51.9 Å². The Bertz CT molecular complexity index is 377. The molecule has 20 heavy (non-hydrogen) atoms. The highest BCUT2D eigenvalue weighted by molar-refractivity contribution is 8.00. The molecule has 0 amide bonds. The van der Waals surface area contributed by atoms with Crippen LogP contribution in [0.2, 0.25) is 0 Å². The average Bonchev–Trinajstić information content (AvgIpc) is 2.44. The predicted octanol–water partition coefficient (Wildman–Crippen LogP) is 5.01.